The molecule has 4 heteroatoms. The predicted molar refractivity (Wildman–Crippen MR) is 16.2 cm³/mol. The normalized spacial score (nSPS) is 6.00. The van der Waals surface area contributed by atoms with Gasteiger partial charge in [-0.05, 0) is 0 Å². The van der Waals surface area contributed by atoms with E-state index in [0.29, 0.717) is 0 Å². The molecule has 32 valence electrons. The topological polar surface area (TPSA) is 74.8 Å². The smallest absolute Gasteiger partial charge is 0.0571 e. The maximum Gasteiger partial charge on any atom is 0.0571 e. The van der Waals surface area contributed by atoms with Crippen LogP contribution in [0.2, 0.25) is 0 Å². The van der Waals surface area contributed by atoms with E-state index in [2.05, 4.69) is 4.99 Å². The highest BCUT2D eigenvalue weighted by Gasteiger charge is 1.47. The lowest BCUT2D eigenvalue weighted by atomic mass is 11.2. The number of carbonyl (C=O) groups is 1. The Morgan fingerprint density at radius 2 is 2.50 bits per heavy atom. The fourth-order valence-electron chi connectivity index (χ4n) is 0.0408. The molecule has 0 aliphatic carbocycles. The third-order valence-corrected chi connectivity index (χ3v) is 0.141. The van der Waals surface area contributed by atoms with Crippen LogP contribution in [-0.4, -0.2) is 12.1 Å². The van der Waals surface area contributed by atoms with Gasteiger partial charge < -0.3 is 20.3 Å². The fourth-order valence-corrected chi connectivity index (χ4v) is 0.0408. The summed E-state index contributed by atoms with van der Waals surface area (Å²) in [4.78, 5) is 11.3. The molecule has 0 rings (SSSR count). The maximum atomic E-state index is 9.10. The van der Waals surface area contributed by atoms with Crippen LogP contribution in [0.4, 0.5) is 4.79 Å². The van der Waals surface area contributed by atoms with Gasteiger partial charge in [0.1, 0.15) is 0 Å². The van der Waals surface area contributed by atoms with E-state index in [1.165, 1.54) is 0 Å². The zero-order valence-corrected chi connectivity index (χ0v) is 2.71. The lowest BCUT2D eigenvalue weighted by Gasteiger charge is -1.90. The number of hydrogen-bond acceptors (Lipinski definition) is 2. The van der Waals surface area contributed by atoms with E-state index in [1.54, 1.807) is 0 Å². The summed E-state index contributed by atoms with van der Waals surface area (Å²) in [7, 11) is 0. The Hall–Kier alpha value is -1.15. The zero-order valence-electron chi connectivity index (χ0n) is 2.71. The number of nitrogens with zero attached hydrogens (tertiary/aromatic N) is 2. The molecule has 0 aromatic heterocycles. The standard InChI is InChI=1S/C2HN2O2/c3-1-4-2(5)6/h(H,5,6)/q-1/p-1. The second-order valence-electron chi connectivity index (χ2n) is 0.478. The van der Waals surface area contributed by atoms with Gasteiger partial charge in [-0.25, -0.2) is 0 Å². The maximum absolute atomic E-state index is 9.10. The van der Waals surface area contributed by atoms with E-state index in [9.17, 15) is 0 Å². The molecule has 0 saturated heterocycles. The summed E-state index contributed by atoms with van der Waals surface area (Å²) in [6, 6.07) is 1.03. The van der Waals surface area contributed by atoms with Crippen molar-refractivity contribution in [2.45, 2.75) is 0 Å². The van der Waals surface area contributed by atoms with Crippen LogP contribution in [0, 0.1) is 0 Å². The highest BCUT2D eigenvalue weighted by molar-refractivity contribution is 5.72. The number of carbonyl (C=O) groups excluding carboxylic acids is 1. The minimum atomic E-state index is -1.70. The van der Waals surface area contributed by atoms with Crippen molar-refractivity contribution in [1.82, 2.24) is 0 Å². The Kier molecular flexibility index (Phi) is 1.71. The lowest BCUT2D eigenvalue weighted by Crippen LogP contribution is -2.16. The first kappa shape index (κ1) is 4.85. The number of aliphatic imine (C=N–C) groups is 1. The molecular weight excluding hydrogens is 84.0 g/mol. The summed E-state index contributed by atoms with van der Waals surface area (Å²) in [6.45, 7) is 0. The highest BCUT2D eigenvalue weighted by atomic mass is 16.4. The third-order valence-electron chi connectivity index (χ3n) is 0.141. The van der Waals surface area contributed by atoms with Gasteiger partial charge in [0.05, 0.1) is 6.09 Å². The number of rotatable bonds is 0. The molecule has 6 heavy (non-hydrogen) atoms. The zero-order chi connectivity index (χ0) is 4.99. The Morgan fingerprint density at radius 3 is 2.50 bits per heavy atom. The van der Waals surface area contributed by atoms with Gasteiger partial charge >= 0.3 is 0 Å². The van der Waals surface area contributed by atoms with Gasteiger partial charge in [0.15, 0.2) is 0 Å². The third kappa shape index (κ3) is 2.85. The summed E-state index contributed by atoms with van der Waals surface area (Å²) >= 11 is 0. The van der Waals surface area contributed by atoms with Crippen LogP contribution >= 0.6 is 0 Å². The molecule has 1 amide bonds. The lowest BCUT2D eigenvalue weighted by molar-refractivity contribution is -0.245. The number of amides is 1. The molecule has 0 aliphatic heterocycles. The summed E-state index contributed by atoms with van der Waals surface area (Å²) in [6.07, 6.45) is -1.70. The van der Waals surface area contributed by atoms with Gasteiger partial charge in [-0.1, -0.05) is 0 Å². The van der Waals surface area contributed by atoms with Crippen molar-refractivity contribution in [1.29, 1.82) is 0 Å². The van der Waals surface area contributed by atoms with E-state index in [4.69, 9.17) is 15.3 Å². The molecule has 0 aromatic rings. The van der Waals surface area contributed by atoms with Crippen LogP contribution < -0.4 is 5.11 Å². The van der Waals surface area contributed by atoms with Crippen molar-refractivity contribution in [3.05, 3.63) is 5.41 Å². The minimum Gasteiger partial charge on any atom is -0.549 e. The van der Waals surface area contributed by atoms with Crippen LogP contribution in [0.15, 0.2) is 4.99 Å². The molecule has 4 nitrogen and oxygen atoms in total. The Balaban J connectivity index is 3.60. The van der Waals surface area contributed by atoms with Crippen LogP contribution in [0.3, 0.4) is 0 Å². The Morgan fingerprint density at radius 1 is 2.00 bits per heavy atom. The van der Waals surface area contributed by atoms with Crippen molar-refractivity contribution in [3.63, 3.8) is 0 Å². The van der Waals surface area contributed by atoms with Crippen molar-refractivity contribution in [3.8, 4) is 0 Å². The number of hydrogen-bond donors (Lipinski definition) is 0. The molecule has 0 fully saturated rings. The molecule has 0 aliphatic rings. The number of carboxylic acid groups (broad SMARTS) is 1. The van der Waals surface area contributed by atoms with Crippen LogP contribution in [0.1, 0.15) is 0 Å². The molecule has 0 aromatic carbocycles. The second-order valence-corrected chi connectivity index (χ2v) is 0.478. The van der Waals surface area contributed by atoms with Crippen molar-refractivity contribution in [2.24, 2.45) is 4.99 Å². The largest absolute Gasteiger partial charge is 0.549 e. The first-order chi connectivity index (χ1) is 2.77. The molecule has 0 N–H and O–H groups in total. The van der Waals surface area contributed by atoms with Crippen molar-refractivity contribution < 1.29 is 9.90 Å². The van der Waals surface area contributed by atoms with E-state index in [1.807, 2.05) is 0 Å². The van der Waals surface area contributed by atoms with E-state index < -0.39 is 6.09 Å². The molecule has 0 bridgehead atoms. The predicted octanol–water partition coefficient (Wildman–Crippen LogP) is -0.927. The minimum absolute atomic E-state index is 1.03. The molecule has 0 radical (unpaired) electrons. The summed E-state index contributed by atoms with van der Waals surface area (Å²) in [5, 5.41) is 16.5. The summed E-state index contributed by atoms with van der Waals surface area (Å²) < 4.78 is 0. The molecule has 0 atom stereocenters. The van der Waals surface area contributed by atoms with Gasteiger partial charge in [-0.2, -0.15) is 0 Å². The average Bonchev–Trinajstić information content (AvgIpc) is 1.35. The second kappa shape index (κ2) is 2.11. The highest BCUT2D eigenvalue weighted by Crippen LogP contribution is 1.54. The molecule has 0 spiro atoms. The quantitative estimate of drug-likeness (QED) is 0.355. The van der Waals surface area contributed by atoms with Crippen molar-refractivity contribution >= 4 is 12.1 Å². The van der Waals surface area contributed by atoms with Gasteiger partial charge in [-0.3, -0.25) is 0 Å². The Bertz CT molecular complexity index is 102. The van der Waals surface area contributed by atoms with Crippen LogP contribution in [0.25, 0.3) is 5.41 Å². The van der Waals surface area contributed by atoms with Gasteiger partial charge in [0, 0.05) is 0 Å². The molecule has 0 heterocycles. The summed E-state index contributed by atoms with van der Waals surface area (Å²) in [5.41, 5.74) is 0. The van der Waals surface area contributed by atoms with Crippen LogP contribution in [0.5, 0.6) is 0 Å². The molecular formula is C2N2O2-2. The van der Waals surface area contributed by atoms with Gasteiger partial charge in [0.25, 0.3) is 0 Å². The first-order valence-electron chi connectivity index (χ1n) is 1.08. The van der Waals surface area contributed by atoms with E-state index in [0.717, 1.165) is 6.01 Å². The molecule has 0 unspecified atom stereocenters. The fraction of sp³-hybridized carbons (Fsp3) is 0. The Labute approximate surface area is 33.6 Å². The SMILES string of the molecule is [N-]=C=NC(=O)[O-]. The van der Waals surface area contributed by atoms with E-state index >= 15 is 0 Å². The monoisotopic (exact) mass is 84.0 g/mol. The van der Waals surface area contributed by atoms with Crippen LogP contribution in [-0.2, 0) is 0 Å². The van der Waals surface area contributed by atoms with E-state index in [-0.39, 0.29) is 0 Å². The molecule has 0 saturated carbocycles. The van der Waals surface area contributed by atoms with Gasteiger partial charge in [0.2, 0.25) is 0 Å². The first-order valence-corrected chi connectivity index (χ1v) is 1.08. The van der Waals surface area contributed by atoms with Crippen molar-refractivity contribution in [2.75, 3.05) is 0 Å². The summed E-state index contributed by atoms with van der Waals surface area (Å²) in [5.74, 6) is 0. The van der Waals surface area contributed by atoms with Gasteiger partial charge in [-0.15, -0.1) is 6.01 Å². The average molecular weight is 84.0 g/mol.